The average Bonchev–Trinajstić information content (AvgIpc) is 2.45. The quantitative estimate of drug-likeness (QED) is 0.680. The van der Waals surface area contributed by atoms with Crippen LogP contribution in [0, 0.1) is 5.82 Å². The number of hydrogen-bond donors (Lipinski definition) is 1. The molecule has 0 atom stereocenters. The van der Waals surface area contributed by atoms with Crippen molar-refractivity contribution in [1.82, 2.24) is 0 Å². The van der Waals surface area contributed by atoms with Crippen molar-refractivity contribution in [1.29, 1.82) is 0 Å². The maximum Gasteiger partial charge on any atom is 0.344 e. The molecule has 0 fully saturated rings. The second-order valence-corrected chi connectivity index (χ2v) is 4.63. The number of carbonyl (C=O) groups is 1. The van der Waals surface area contributed by atoms with E-state index in [0.29, 0.717) is 17.0 Å². The van der Waals surface area contributed by atoms with Crippen LogP contribution in [0.15, 0.2) is 42.5 Å². The molecule has 0 aliphatic carbocycles. The van der Waals surface area contributed by atoms with Gasteiger partial charge in [0.1, 0.15) is 18.2 Å². The molecule has 0 saturated carbocycles. The lowest BCUT2D eigenvalue weighted by atomic mass is 10.2. The van der Waals surface area contributed by atoms with Crippen LogP contribution in [0.2, 0.25) is 5.02 Å². The highest BCUT2D eigenvalue weighted by atomic mass is 35.5. The molecule has 2 rings (SSSR count). The second kappa shape index (κ2) is 6.95. The Labute approximate surface area is 126 Å². The van der Waals surface area contributed by atoms with Gasteiger partial charge in [0, 0.05) is 5.56 Å². The van der Waals surface area contributed by atoms with Gasteiger partial charge < -0.3 is 15.2 Å². The van der Waals surface area contributed by atoms with E-state index in [2.05, 4.69) is 0 Å². The van der Waals surface area contributed by atoms with Gasteiger partial charge in [0.05, 0.1) is 10.7 Å². The number of benzene rings is 2. The second-order valence-electron chi connectivity index (χ2n) is 4.22. The number of hydrogen-bond acceptors (Lipinski definition) is 4. The van der Waals surface area contributed by atoms with E-state index in [1.165, 1.54) is 12.1 Å². The number of rotatable bonds is 5. The molecule has 0 spiro atoms. The van der Waals surface area contributed by atoms with Gasteiger partial charge in [-0.2, -0.15) is 0 Å². The van der Waals surface area contributed by atoms with Gasteiger partial charge in [-0.3, -0.25) is 0 Å². The number of ether oxygens (including phenoxy) is 2. The molecule has 6 heteroatoms. The molecule has 0 bridgehead atoms. The summed E-state index contributed by atoms with van der Waals surface area (Å²) in [4.78, 5) is 11.6. The summed E-state index contributed by atoms with van der Waals surface area (Å²) in [6.45, 7) is -0.321. The van der Waals surface area contributed by atoms with E-state index in [1.54, 1.807) is 24.3 Å². The number of esters is 1. The van der Waals surface area contributed by atoms with Crippen molar-refractivity contribution in [3.05, 3.63) is 58.9 Å². The summed E-state index contributed by atoms with van der Waals surface area (Å²) in [5, 5.41) is 0.205. The van der Waals surface area contributed by atoms with Gasteiger partial charge in [0.15, 0.2) is 6.61 Å². The highest BCUT2D eigenvalue weighted by molar-refractivity contribution is 6.31. The van der Waals surface area contributed by atoms with Crippen LogP contribution in [0.5, 0.6) is 5.75 Å². The fourth-order valence-corrected chi connectivity index (χ4v) is 1.81. The first kappa shape index (κ1) is 15.1. The maximum absolute atomic E-state index is 12.9. The predicted molar refractivity (Wildman–Crippen MR) is 77.6 cm³/mol. The van der Waals surface area contributed by atoms with Crippen molar-refractivity contribution >= 4 is 23.3 Å². The monoisotopic (exact) mass is 309 g/mol. The molecule has 0 amide bonds. The topological polar surface area (TPSA) is 61.5 Å². The highest BCUT2D eigenvalue weighted by Gasteiger charge is 2.08. The van der Waals surface area contributed by atoms with Gasteiger partial charge in [0.2, 0.25) is 0 Å². The Balaban J connectivity index is 1.84. The SMILES string of the molecule is Nc1ccccc1OCC(=O)OCc1ccc(F)cc1Cl. The van der Waals surface area contributed by atoms with Gasteiger partial charge in [0.25, 0.3) is 0 Å². The lowest BCUT2D eigenvalue weighted by Crippen LogP contribution is -2.15. The summed E-state index contributed by atoms with van der Waals surface area (Å²) in [5.74, 6) is -0.606. The lowest BCUT2D eigenvalue weighted by molar-refractivity contribution is -0.147. The van der Waals surface area contributed by atoms with Crippen molar-refractivity contribution in [2.75, 3.05) is 12.3 Å². The molecule has 0 saturated heterocycles. The summed E-state index contributed by atoms with van der Waals surface area (Å²) in [6.07, 6.45) is 0. The lowest BCUT2D eigenvalue weighted by Gasteiger charge is -2.09. The zero-order chi connectivity index (χ0) is 15.2. The third-order valence-electron chi connectivity index (χ3n) is 2.67. The minimum absolute atomic E-state index is 0.0500. The number of para-hydroxylation sites is 2. The van der Waals surface area contributed by atoms with Gasteiger partial charge >= 0.3 is 5.97 Å². The minimum atomic E-state index is -0.571. The van der Waals surface area contributed by atoms with Crippen LogP contribution in [-0.4, -0.2) is 12.6 Å². The summed E-state index contributed by atoms with van der Waals surface area (Å²) in [6, 6.07) is 10.7. The molecule has 2 aromatic rings. The van der Waals surface area contributed by atoms with Crippen LogP contribution in [0.4, 0.5) is 10.1 Å². The van der Waals surface area contributed by atoms with Crippen molar-refractivity contribution in [2.45, 2.75) is 6.61 Å². The van der Waals surface area contributed by atoms with E-state index in [0.717, 1.165) is 6.07 Å². The molecule has 0 heterocycles. The van der Waals surface area contributed by atoms with Crippen molar-refractivity contribution in [3.8, 4) is 5.75 Å². The molecular weight excluding hydrogens is 297 g/mol. The molecule has 2 N–H and O–H groups in total. The van der Waals surface area contributed by atoms with Crippen LogP contribution < -0.4 is 10.5 Å². The molecule has 2 aromatic carbocycles. The number of carbonyl (C=O) groups excluding carboxylic acids is 1. The first-order valence-corrected chi connectivity index (χ1v) is 6.51. The van der Waals surface area contributed by atoms with Crippen LogP contribution in [-0.2, 0) is 16.1 Å². The van der Waals surface area contributed by atoms with Crippen LogP contribution in [0.1, 0.15) is 5.56 Å². The largest absolute Gasteiger partial charge is 0.480 e. The molecule has 0 aliphatic heterocycles. The van der Waals surface area contributed by atoms with Crippen LogP contribution in [0.3, 0.4) is 0 Å². The van der Waals surface area contributed by atoms with E-state index >= 15 is 0 Å². The van der Waals surface area contributed by atoms with Crippen molar-refractivity contribution in [3.63, 3.8) is 0 Å². The van der Waals surface area contributed by atoms with E-state index in [1.807, 2.05) is 0 Å². The van der Waals surface area contributed by atoms with Crippen LogP contribution in [0.25, 0.3) is 0 Å². The fourth-order valence-electron chi connectivity index (χ4n) is 1.59. The smallest absolute Gasteiger partial charge is 0.344 e. The molecule has 4 nitrogen and oxygen atoms in total. The van der Waals surface area contributed by atoms with E-state index in [4.69, 9.17) is 26.8 Å². The number of nitrogen functional groups attached to an aromatic ring is 1. The number of anilines is 1. The molecule has 0 aliphatic rings. The van der Waals surface area contributed by atoms with Crippen molar-refractivity contribution in [2.24, 2.45) is 0 Å². The van der Waals surface area contributed by atoms with E-state index < -0.39 is 11.8 Å². The first-order valence-electron chi connectivity index (χ1n) is 6.13. The molecule has 0 radical (unpaired) electrons. The van der Waals surface area contributed by atoms with Gasteiger partial charge in [-0.1, -0.05) is 29.8 Å². The Hall–Kier alpha value is -2.27. The third kappa shape index (κ3) is 4.36. The zero-order valence-corrected chi connectivity index (χ0v) is 11.8. The highest BCUT2D eigenvalue weighted by Crippen LogP contribution is 2.20. The Bertz CT molecular complexity index is 649. The Morgan fingerprint density at radius 2 is 2.00 bits per heavy atom. The molecule has 0 aromatic heterocycles. The Morgan fingerprint density at radius 3 is 2.71 bits per heavy atom. The van der Waals surface area contributed by atoms with Gasteiger partial charge in [-0.15, -0.1) is 0 Å². The maximum atomic E-state index is 12.9. The Kier molecular flexibility index (Phi) is 5.00. The fraction of sp³-hybridized carbons (Fsp3) is 0.133. The van der Waals surface area contributed by atoms with Crippen LogP contribution >= 0.6 is 11.6 Å². The van der Waals surface area contributed by atoms with Crippen molar-refractivity contribution < 1.29 is 18.7 Å². The van der Waals surface area contributed by atoms with E-state index in [-0.39, 0.29) is 18.2 Å². The summed E-state index contributed by atoms with van der Waals surface area (Å²) in [7, 11) is 0. The molecule has 0 unspecified atom stereocenters. The third-order valence-corrected chi connectivity index (χ3v) is 3.02. The molecular formula is C15H13ClFNO3. The van der Waals surface area contributed by atoms with Gasteiger partial charge in [-0.05, 0) is 24.3 Å². The Morgan fingerprint density at radius 1 is 1.24 bits per heavy atom. The van der Waals surface area contributed by atoms with E-state index in [9.17, 15) is 9.18 Å². The zero-order valence-electron chi connectivity index (χ0n) is 11.0. The number of halogens is 2. The normalized spacial score (nSPS) is 10.2. The predicted octanol–water partition coefficient (Wildman–Crippen LogP) is 3.18. The summed E-state index contributed by atoms with van der Waals surface area (Å²) >= 11 is 5.83. The number of nitrogens with two attached hydrogens (primary N) is 1. The average molecular weight is 310 g/mol. The van der Waals surface area contributed by atoms with Gasteiger partial charge in [-0.25, -0.2) is 9.18 Å². The molecule has 110 valence electrons. The molecule has 21 heavy (non-hydrogen) atoms. The standard InChI is InChI=1S/C15H13ClFNO3/c16-12-7-11(17)6-5-10(12)8-21-15(19)9-20-14-4-2-1-3-13(14)18/h1-7H,8-9,18H2. The summed E-state index contributed by atoms with van der Waals surface area (Å²) in [5.41, 5.74) is 6.63. The minimum Gasteiger partial charge on any atom is -0.480 e. The summed E-state index contributed by atoms with van der Waals surface area (Å²) < 4.78 is 23.1. The first-order chi connectivity index (χ1) is 10.1.